The maximum atomic E-state index is 13.0. The Morgan fingerprint density at radius 3 is 2.35 bits per heavy atom. The Balaban J connectivity index is 1.85. The molecule has 0 aliphatic carbocycles. The van der Waals surface area contributed by atoms with Crippen molar-refractivity contribution in [3.05, 3.63) is 87.5 Å². The minimum Gasteiger partial charge on any atom is -0.465 e. The van der Waals surface area contributed by atoms with E-state index in [1.807, 2.05) is 16.7 Å². The SMILES string of the molecule is CCCCc1nc(Cl)c(CCl)n1Cc1ccc(C(=O)c2ccccc2C(=O)OC)cc1. The Kier molecular flexibility index (Phi) is 7.88. The second-order valence-electron chi connectivity index (χ2n) is 7.15. The highest BCUT2D eigenvalue weighted by atomic mass is 35.5. The molecular formula is C24H24Cl2N2O3. The van der Waals surface area contributed by atoms with E-state index in [0.29, 0.717) is 22.8 Å². The predicted molar refractivity (Wildman–Crippen MR) is 122 cm³/mol. The largest absolute Gasteiger partial charge is 0.465 e. The molecule has 0 atom stereocenters. The van der Waals surface area contributed by atoms with Crippen molar-refractivity contribution < 1.29 is 14.3 Å². The van der Waals surface area contributed by atoms with Crippen LogP contribution in [0.1, 0.15) is 63.1 Å². The number of nitrogens with zero attached hydrogens (tertiary/aromatic N) is 2. The summed E-state index contributed by atoms with van der Waals surface area (Å²) in [7, 11) is 1.30. The van der Waals surface area contributed by atoms with Crippen LogP contribution in [-0.4, -0.2) is 28.4 Å². The van der Waals surface area contributed by atoms with Crippen LogP contribution in [0, 0.1) is 0 Å². The molecule has 3 aromatic rings. The number of benzene rings is 2. The van der Waals surface area contributed by atoms with Gasteiger partial charge >= 0.3 is 5.97 Å². The third kappa shape index (κ3) is 5.17. The molecule has 0 unspecified atom stereocenters. The molecule has 0 saturated heterocycles. The van der Waals surface area contributed by atoms with Gasteiger partial charge in [-0.1, -0.05) is 67.4 Å². The molecule has 7 heteroatoms. The summed E-state index contributed by atoms with van der Waals surface area (Å²) in [6.45, 7) is 2.69. The van der Waals surface area contributed by atoms with Gasteiger partial charge in [-0.05, 0) is 18.1 Å². The number of ether oxygens (including phenoxy) is 1. The first-order valence-corrected chi connectivity index (χ1v) is 11.0. The minimum atomic E-state index is -0.536. The van der Waals surface area contributed by atoms with Crippen molar-refractivity contribution in [2.24, 2.45) is 0 Å². The van der Waals surface area contributed by atoms with E-state index in [2.05, 4.69) is 11.9 Å². The molecule has 0 fully saturated rings. The molecule has 0 N–H and O–H groups in total. The number of ketones is 1. The summed E-state index contributed by atoms with van der Waals surface area (Å²) in [6.07, 6.45) is 2.90. The molecule has 0 aliphatic rings. The highest BCUT2D eigenvalue weighted by Gasteiger charge is 2.19. The second kappa shape index (κ2) is 10.6. The summed E-state index contributed by atoms with van der Waals surface area (Å²) in [5, 5.41) is 0.437. The van der Waals surface area contributed by atoms with E-state index in [-0.39, 0.29) is 17.2 Å². The smallest absolute Gasteiger partial charge is 0.338 e. The lowest BCUT2D eigenvalue weighted by molar-refractivity contribution is 0.0597. The number of methoxy groups -OCH3 is 1. The fourth-order valence-corrected chi connectivity index (χ4v) is 4.02. The molecule has 3 rings (SSSR count). The number of esters is 1. The number of unbranched alkanes of at least 4 members (excludes halogenated alkanes) is 1. The quantitative estimate of drug-likeness (QED) is 0.235. The van der Waals surface area contributed by atoms with E-state index in [1.54, 1.807) is 36.4 Å². The number of aryl methyl sites for hydroxylation is 1. The zero-order valence-corrected chi connectivity index (χ0v) is 19.0. The number of imidazole rings is 1. The van der Waals surface area contributed by atoms with Crippen molar-refractivity contribution in [3.63, 3.8) is 0 Å². The van der Waals surface area contributed by atoms with Gasteiger partial charge in [-0.2, -0.15) is 0 Å². The summed E-state index contributed by atoms with van der Waals surface area (Å²) in [5.41, 5.74) is 2.85. The maximum absolute atomic E-state index is 13.0. The minimum absolute atomic E-state index is 0.233. The van der Waals surface area contributed by atoms with Gasteiger partial charge in [0.1, 0.15) is 5.82 Å². The first kappa shape index (κ1) is 23.0. The Hall–Kier alpha value is -2.63. The molecule has 1 heterocycles. The van der Waals surface area contributed by atoms with E-state index in [0.717, 1.165) is 36.3 Å². The van der Waals surface area contributed by atoms with Crippen molar-refractivity contribution in [1.29, 1.82) is 0 Å². The molecule has 0 radical (unpaired) electrons. The van der Waals surface area contributed by atoms with Gasteiger partial charge in [0, 0.05) is 24.1 Å². The van der Waals surface area contributed by atoms with Crippen LogP contribution in [0.2, 0.25) is 5.15 Å². The van der Waals surface area contributed by atoms with Gasteiger partial charge in [-0.3, -0.25) is 4.79 Å². The fraction of sp³-hybridized carbons (Fsp3) is 0.292. The Morgan fingerprint density at radius 1 is 1.06 bits per heavy atom. The van der Waals surface area contributed by atoms with Crippen LogP contribution < -0.4 is 0 Å². The van der Waals surface area contributed by atoms with E-state index < -0.39 is 5.97 Å². The van der Waals surface area contributed by atoms with Crippen molar-refractivity contribution in [3.8, 4) is 0 Å². The van der Waals surface area contributed by atoms with Crippen LogP contribution in [0.3, 0.4) is 0 Å². The molecule has 1 aromatic heterocycles. The van der Waals surface area contributed by atoms with Gasteiger partial charge in [0.2, 0.25) is 0 Å². The fourth-order valence-electron chi connectivity index (χ4n) is 3.41. The molecule has 0 aliphatic heterocycles. The van der Waals surface area contributed by atoms with E-state index in [9.17, 15) is 9.59 Å². The number of hydrogen-bond acceptors (Lipinski definition) is 4. The zero-order valence-electron chi connectivity index (χ0n) is 17.5. The van der Waals surface area contributed by atoms with Crippen molar-refractivity contribution in [2.45, 2.75) is 38.6 Å². The van der Waals surface area contributed by atoms with Gasteiger partial charge in [0.15, 0.2) is 10.9 Å². The maximum Gasteiger partial charge on any atom is 0.338 e. The number of carbonyl (C=O) groups is 2. The normalized spacial score (nSPS) is 10.8. The lowest BCUT2D eigenvalue weighted by atomic mass is 9.97. The van der Waals surface area contributed by atoms with Crippen molar-refractivity contribution in [1.82, 2.24) is 9.55 Å². The van der Waals surface area contributed by atoms with Gasteiger partial charge in [-0.25, -0.2) is 9.78 Å². The van der Waals surface area contributed by atoms with Gasteiger partial charge in [0.25, 0.3) is 0 Å². The van der Waals surface area contributed by atoms with E-state index in [4.69, 9.17) is 27.9 Å². The summed E-state index contributed by atoms with van der Waals surface area (Å²) >= 11 is 12.4. The predicted octanol–water partition coefficient (Wildman–Crippen LogP) is 5.68. The first-order chi connectivity index (χ1) is 15.0. The molecule has 162 valence electrons. The standard InChI is InChI=1S/C24H24Cl2N2O3/c1-3-4-9-21-27-23(26)20(14-25)28(21)15-16-10-12-17(13-11-16)22(29)18-7-5-6-8-19(18)24(30)31-2/h5-8,10-13H,3-4,9,14-15H2,1-2H3. The van der Waals surface area contributed by atoms with Gasteiger partial charge in [0.05, 0.1) is 24.2 Å². The molecule has 0 saturated carbocycles. The Labute approximate surface area is 192 Å². The summed E-state index contributed by atoms with van der Waals surface area (Å²) < 4.78 is 6.84. The molecule has 31 heavy (non-hydrogen) atoms. The monoisotopic (exact) mass is 458 g/mol. The van der Waals surface area contributed by atoms with Gasteiger partial charge < -0.3 is 9.30 Å². The number of alkyl halides is 1. The van der Waals surface area contributed by atoms with Crippen LogP contribution in [-0.2, 0) is 23.6 Å². The highest BCUT2D eigenvalue weighted by Crippen LogP contribution is 2.23. The molecule has 2 aromatic carbocycles. The molecule has 0 spiro atoms. The molecule has 0 amide bonds. The molecule has 0 bridgehead atoms. The third-order valence-corrected chi connectivity index (χ3v) is 5.67. The van der Waals surface area contributed by atoms with Gasteiger partial charge in [-0.15, -0.1) is 11.6 Å². The van der Waals surface area contributed by atoms with Crippen LogP contribution in [0.4, 0.5) is 0 Å². The highest BCUT2D eigenvalue weighted by molar-refractivity contribution is 6.31. The number of carbonyl (C=O) groups excluding carboxylic acids is 2. The molecule has 5 nitrogen and oxygen atoms in total. The van der Waals surface area contributed by atoms with Crippen LogP contribution >= 0.6 is 23.2 Å². The number of halogens is 2. The number of rotatable bonds is 9. The summed E-state index contributed by atoms with van der Waals surface area (Å²) in [5.74, 6) is 0.419. The van der Waals surface area contributed by atoms with Crippen molar-refractivity contribution >= 4 is 35.0 Å². The first-order valence-electron chi connectivity index (χ1n) is 10.1. The second-order valence-corrected chi connectivity index (χ2v) is 7.78. The summed E-state index contributed by atoms with van der Waals surface area (Å²) in [6, 6.07) is 13.9. The summed E-state index contributed by atoms with van der Waals surface area (Å²) in [4.78, 5) is 29.4. The van der Waals surface area contributed by atoms with Crippen LogP contribution in [0.25, 0.3) is 0 Å². The van der Waals surface area contributed by atoms with Crippen LogP contribution in [0.5, 0.6) is 0 Å². The van der Waals surface area contributed by atoms with Crippen molar-refractivity contribution in [2.75, 3.05) is 7.11 Å². The van der Waals surface area contributed by atoms with E-state index >= 15 is 0 Å². The Bertz CT molecular complexity index is 1070. The average Bonchev–Trinajstić information content (AvgIpc) is 3.10. The van der Waals surface area contributed by atoms with Crippen LogP contribution in [0.15, 0.2) is 48.5 Å². The zero-order chi connectivity index (χ0) is 22.4. The topological polar surface area (TPSA) is 61.2 Å². The lowest BCUT2D eigenvalue weighted by Crippen LogP contribution is -2.11. The number of hydrogen-bond donors (Lipinski definition) is 0. The molecular weight excluding hydrogens is 435 g/mol. The average molecular weight is 459 g/mol. The Morgan fingerprint density at radius 2 is 1.74 bits per heavy atom. The van der Waals surface area contributed by atoms with E-state index in [1.165, 1.54) is 7.11 Å². The third-order valence-electron chi connectivity index (χ3n) is 5.12. The number of aromatic nitrogens is 2. The lowest BCUT2D eigenvalue weighted by Gasteiger charge is -2.12.